The van der Waals surface area contributed by atoms with Gasteiger partial charge in [-0.25, -0.2) is 0 Å². The van der Waals surface area contributed by atoms with Crippen LogP contribution >= 0.6 is 0 Å². The second kappa shape index (κ2) is 7.60. The van der Waals surface area contributed by atoms with Crippen molar-refractivity contribution in [1.82, 2.24) is 0 Å². The van der Waals surface area contributed by atoms with E-state index in [1.807, 2.05) is 24.3 Å². The van der Waals surface area contributed by atoms with Crippen LogP contribution in [0.25, 0.3) is 0 Å². The highest BCUT2D eigenvalue weighted by Gasteiger charge is 2.12. The van der Waals surface area contributed by atoms with Crippen molar-refractivity contribution in [1.29, 1.82) is 0 Å². The van der Waals surface area contributed by atoms with Crippen LogP contribution in [0.15, 0.2) is 36.4 Å². The molecule has 0 amide bonds. The predicted octanol–water partition coefficient (Wildman–Crippen LogP) is 4.24. The molecule has 0 radical (unpaired) electrons. The van der Waals surface area contributed by atoms with Gasteiger partial charge in [0.1, 0.15) is 0 Å². The number of hydrogen-bond donors (Lipinski definition) is 0. The van der Waals surface area contributed by atoms with Crippen LogP contribution in [0.4, 0.5) is 0 Å². The average molecular weight is 310 g/mol. The summed E-state index contributed by atoms with van der Waals surface area (Å²) in [6.45, 7) is 4.35. The molecule has 0 spiro atoms. The summed E-state index contributed by atoms with van der Waals surface area (Å²) < 4.78 is 16.0. The van der Waals surface area contributed by atoms with Crippen LogP contribution in [-0.2, 0) is 0 Å². The van der Waals surface area contributed by atoms with Gasteiger partial charge in [0.05, 0.1) is 21.3 Å². The van der Waals surface area contributed by atoms with E-state index in [0.717, 1.165) is 11.1 Å². The van der Waals surface area contributed by atoms with E-state index in [0.29, 0.717) is 23.2 Å². The molecule has 3 nitrogen and oxygen atoms in total. The third-order valence-corrected chi connectivity index (χ3v) is 3.59. The molecule has 2 aromatic carbocycles. The highest BCUT2D eigenvalue weighted by Crippen LogP contribution is 2.37. The summed E-state index contributed by atoms with van der Waals surface area (Å²) in [5, 5.41) is 0. The van der Waals surface area contributed by atoms with E-state index in [1.165, 1.54) is 5.56 Å². The van der Waals surface area contributed by atoms with Crippen LogP contribution in [0.1, 0.15) is 36.5 Å². The van der Waals surface area contributed by atoms with Crippen molar-refractivity contribution in [3.63, 3.8) is 0 Å². The molecule has 0 aliphatic rings. The van der Waals surface area contributed by atoms with E-state index in [-0.39, 0.29) is 0 Å². The molecule has 0 saturated heterocycles. The Morgan fingerprint density at radius 3 is 1.70 bits per heavy atom. The molecule has 0 aromatic heterocycles. The summed E-state index contributed by atoms with van der Waals surface area (Å²) >= 11 is 0. The zero-order valence-corrected chi connectivity index (χ0v) is 14.3. The molecular weight excluding hydrogens is 288 g/mol. The van der Waals surface area contributed by atoms with Crippen molar-refractivity contribution in [3.8, 4) is 29.1 Å². The molecule has 0 heterocycles. The van der Waals surface area contributed by atoms with Gasteiger partial charge in [-0.2, -0.15) is 0 Å². The van der Waals surface area contributed by atoms with Gasteiger partial charge in [-0.05, 0) is 35.7 Å². The maximum absolute atomic E-state index is 5.34. The van der Waals surface area contributed by atoms with Crippen LogP contribution < -0.4 is 14.2 Å². The van der Waals surface area contributed by atoms with Gasteiger partial charge >= 0.3 is 0 Å². The molecule has 0 unspecified atom stereocenters. The smallest absolute Gasteiger partial charge is 0.203 e. The van der Waals surface area contributed by atoms with Crippen molar-refractivity contribution in [2.75, 3.05) is 21.3 Å². The van der Waals surface area contributed by atoms with Crippen molar-refractivity contribution >= 4 is 0 Å². The van der Waals surface area contributed by atoms with Gasteiger partial charge in [-0.3, -0.25) is 0 Å². The van der Waals surface area contributed by atoms with Gasteiger partial charge in [0.15, 0.2) is 11.5 Å². The Bertz CT molecular complexity index is 694. The zero-order valence-electron chi connectivity index (χ0n) is 14.3. The van der Waals surface area contributed by atoms with E-state index in [2.05, 4.69) is 37.8 Å². The van der Waals surface area contributed by atoms with Crippen LogP contribution in [0, 0.1) is 11.8 Å². The van der Waals surface area contributed by atoms with Crippen molar-refractivity contribution in [3.05, 3.63) is 53.1 Å². The molecular formula is C20H22O3. The van der Waals surface area contributed by atoms with Crippen LogP contribution in [0.3, 0.4) is 0 Å². The van der Waals surface area contributed by atoms with Gasteiger partial charge in [-0.1, -0.05) is 37.8 Å². The Balaban J connectivity index is 2.33. The Labute approximate surface area is 138 Å². The van der Waals surface area contributed by atoms with Gasteiger partial charge in [0.2, 0.25) is 5.75 Å². The van der Waals surface area contributed by atoms with E-state index >= 15 is 0 Å². The fraction of sp³-hybridized carbons (Fsp3) is 0.300. The van der Waals surface area contributed by atoms with Crippen molar-refractivity contribution < 1.29 is 14.2 Å². The lowest BCUT2D eigenvalue weighted by molar-refractivity contribution is 0.324. The topological polar surface area (TPSA) is 27.7 Å². The maximum atomic E-state index is 5.34. The fourth-order valence-corrected chi connectivity index (χ4v) is 2.25. The van der Waals surface area contributed by atoms with Gasteiger partial charge < -0.3 is 14.2 Å². The number of rotatable bonds is 4. The maximum Gasteiger partial charge on any atom is 0.203 e. The van der Waals surface area contributed by atoms with E-state index in [9.17, 15) is 0 Å². The standard InChI is InChI=1S/C20H22O3/c1-14(2)17-10-8-15(9-11-17)6-7-16-12-18(21-3)20(23-5)19(13-16)22-4/h8-14H,1-5H3. The summed E-state index contributed by atoms with van der Waals surface area (Å²) in [5.74, 6) is 8.61. The molecule has 0 aliphatic carbocycles. The van der Waals surface area contributed by atoms with Crippen molar-refractivity contribution in [2.24, 2.45) is 0 Å². The predicted molar refractivity (Wildman–Crippen MR) is 92.6 cm³/mol. The van der Waals surface area contributed by atoms with Gasteiger partial charge in [0.25, 0.3) is 0 Å². The lowest BCUT2D eigenvalue weighted by atomic mass is 10.0. The minimum Gasteiger partial charge on any atom is -0.493 e. The Morgan fingerprint density at radius 1 is 0.739 bits per heavy atom. The first-order chi connectivity index (χ1) is 11.1. The van der Waals surface area contributed by atoms with Crippen LogP contribution in [-0.4, -0.2) is 21.3 Å². The highest BCUT2D eigenvalue weighted by atomic mass is 16.5. The SMILES string of the molecule is COc1cc(C#Cc2ccc(C(C)C)cc2)cc(OC)c1OC. The minimum absolute atomic E-state index is 0.520. The molecule has 0 atom stereocenters. The summed E-state index contributed by atoms with van der Waals surface area (Å²) in [4.78, 5) is 0. The second-order valence-electron chi connectivity index (χ2n) is 5.44. The van der Waals surface area contributed by atoms with Gasteiger partial charge in [-0.15, -0.1) is 0 Å². The molecule has 0 saturated carbocycles. The Morgan fingerprint density at radius 2 is 1.26 bits per heavy atom. The number of hydrogen-bond acceptors (Lipinski definition) is 3. The van der Waals surface area contributed by atoms with Crippen molar-refractivity contribution in [2.45, 2.75) is 19.8 Å². The second-order valence-corrected chi connectivity index (χ2v) is 5.44. The molecule has 2 aromatic rings. The molecule has 23 heavy (non-hydrogen) atoms. The molecule has 0 fully saturated rings. The van der Waals surface area contributed by atoms with E-state index in [1.54, 1.807) is 21.3 Å². The average Bonchev–Trinajstić information content (AvgIpc) is 2.59. The fourth-order valence-electron chi connectivity index (χ4n) is 2.25. The summed E-state index contributed by atoms with van der Waals surface area (Å²) in [7, 11) is 4.78. The monoisotopic (exact) mass is 310 g/mol. The van der Waals surface area contributed by atoms with E-state index < -0.39 is 0 Å². The third kappa shape index (κ3) is 3.98. The quantitative estimate of drug-likeness (QED) is 0.791. The Kier molecular flexibility index (Phi) is 5.54. The molecule has 0 aliphatic heterocycles. The summed E-state index contributed by atoms with van der Waals surface area (Å²) in [5.41, 5.74) is 3.10. The molecule has 120 valence electrons. The molecule has 0 bridgehead atoms. The number of ether oxygens (including phenoxy) is 3. The molecule has 2 rings (SSSR count). The molecule has 3 heteroatoms. The van der Waals surface area contributed by atoms with E-state index in [4.69, 9.17) is 14.2 Å². The first-order valence-corrected chi connectivity index (χ1v) is 7.51. The highest BCUT2D eigenvalue weighted by molar-refractivity contribution is 5.58. The summed E-state index contributed by atoms with van der Waals surface area (Å²) in [6, 6.07) is 12.0. The minimum atomic E-state index is 0.520. The lowest BCUT2D eigenvalue weighted by Gasteiger charge is -2.12. The largest absolute Gasteiger partial charge is 0.493 e. The summed E-state index contributed by atoms with van der Waals surface area (Å²) in [6.07, 6.45) is 0. The first kappa shape index (κ1) is 16.8. The number of methoxy groups -OCH3 is 3. The zero-order chi connectivity index (χ0) is 16.8. The van der Waals surface area contributed by atoms with Crippen LogP contribution in [0.5, 0.6) is 17.2 Å². The van der Waals surface area contributed by atoms with Crippen LogP contribution in [0.2, 0.25) is 0 Å². The normalized spacial score (nSPS) is 10.0. The number of benzene rings is 2. The Hall–Kier alpha value is -2.60. The molecule has 0 N–H and O–H groups in total. The lowest BCUT2D eigenvalue weighted by Crippen LogP contribution is -1.95. The van der Waals surface area contributed by atoms with Gasteiger partial charge in [0, 0.05) is 11.1 Å². The third-order valence-electron chi connectivity index (χ3n) is 3.59. The first-order valence-electron chi connectivity index (χ1n) is 7.51.